The summed E-state index contributed by atoms with van der Waals surface area (Å²) in [6.07, 6.45) is 0. The zero-order valence-corrected chi connectivity index (χ0v) is 17.3. The van der Waals surface area contributed by atoms with Gasteiger partial charge in [-0.15, -0.1) is 23.2 Å². The van der Waals surface area contributed by atoms with Gasteiger partial charge in [0.15, 0.2) is 0 Å². The minimum atomic E-state index is 0.216. The van der Waals surface area contributed by atoms with E-state index in [1.165, 1.54) is 0 Å². The second-order valence-electron chi connectivity index (χ2n) is 6.80. The summed E-state index contributed by atoms with van der Waals surface area (Å²) >= 11 is 13.0. The van der Waals surface area contributed by atoms with Crippen molar-refractivity contribution >= 4 is 23.2 Å². The fourth-order valence-corrected chi connectivity index (χ4v) is 4.43. The molecule has 0 heterocycles. The van der Waals surface area contributed by atoms with Crippen molar-refractivity contribution in [2.45, 2.75) is 11.8 Å². The minimum Gasteiger partial charge on any atom is -0.507 e. The van der Waals surface area contributed by atoms with Crippen molar-refractivity contribution in [2.75, 3.05) is 0 Å². The summed E-state index contributed by atoms with van der Waals surface area (Å²) in [6, 6.07) is 29.9. The Kier molecular flexibility index (Phi) is 5.89. The summed E-state index contributed by atoms with van der Waals surface area (Å²) in [6.45, 7) is 0. The second-order valence-corrected chi connectivity index (χ2v) is 7.33. The molecule has 0 aliphatic carbocycles. The summed E-state index contributed by atoms with van der Waals surface area (Å²) in [5, 5.41) is 11.5. The van der Waals surface area contributed by atoms with Crippen LogP contribution in [0.15, 0.2) is 91.0 Å². The number of benzene rings is 4. The van der Waals surface area contributed by atoms with Gasteiger partial charge in [0.25, 0.3) is 0 Å². The number of aromatic hydroxyl groups is 1. The molecule has 0 saturated heterocycles. The van der Waals surface area contributed by atoms with E-state index in [9.17, 15) is 5.11 Å². The molecule has 0 amide bonds. The maximum atomic E-state index is 11.5. The Morgan fingerprint density at radius 2 is 0.793 bits per heavy atom. The van der Waals surface area contributed by atoms with Gasteiger partial charge in [0.1, 0.15) is 5.75 Å². The molecule has 0 bridgehead atoms. The highest BCUT2D eigenvalue weighted by atomic mass is 35.5. The third-order valence-electron chi connectivity index (χ3n) is 5.14. The van der Waals surface area contributed by atoms with Crippen LogP contribution in [0.3, 0.4) is 0 Å². The molecule has 29 heavy (non-hydrogen) atoms. The van der Waals surface area contributed by atoms with Gasteiger partial charge >= 0.3 is 0 Å². The van der Waals surface area contributed by atoms with Gasteiger partial charge in [-0.1, -0.05) is 91.0 Å². The van der Waals surface area contributed by atoms with Crippen LogP contribution in [0, 0.1) is 0 Å². The lowest BCUT2D eigenvalue weighted by molar-refractivity contribution is 0.478. The largest absolute Gasteiger partial charge is 0.507 e. The first-order valence-electron chi connectivity index (χ1n) is 9.45. The molecule has 0 spiro atoms. The summed E-state index contributed by atoms with van der Waals surface area (Å²) < 4.78 is 0. The molecule has 4 aromatic carbocycles. The molecule has 0 aliphatic rings. The van der Waals surface area contributed by atoms with Gasteiger partial charge in [-0.05, 0) is 33.4 Å². The minimum absolute atomic E-state index is 0.216. The Morgan fingerprint density at radius 1 is 0.483 bits per heavy atom. The molecular formula is C26H20Cl2O. The van der Waals surface area contributed by atoms with Gasteiger partial charge in [0, 0.05) is 22.9 Å². The van der Waals surface area contributed by atoms with Gasteiger partial charge < -0.3 is 5.11 Å². The quantitative estimate of drug-likeness (QED) is 0.326. The number of hydrogen-bond acceptors (Lipinski definition) is 1. The molecule has 0 fully saturated rings. The van der Waals surface area contributed by atoms with Crippen LogP contribution in [0.5, 0.6) is 5.75 Å². The van der Waals surface area contributed by atoms with Crippen molar-refractivity contribution in [1.82, 2.24) is 0 Å². The standard InChI is InChI=1S/C26H20Cl2O/c27-16-21-23(18-10-4-1-5-11-18)22(17-28)25(20-14-8-3-9-15-20)26(29)24(21)19-12-6-2-7-13-19/h1-15,29H,16-17H2. The number of phenolic OH excluding ortho intramolecular Hbond substituents is 1. The summed E-state index contributed by atoms with van der Waals surface area (Å²) in [5.41, 5.74) is 7.17. The van der Waals surface area contributed by atoms with Crippen molar-refractivity contribution in [3.05, 3.63) is 102 Å². The normalized spacial score (nSPS) is 10.8. The summed E-state index contributed by atoms with van der Waals surface area (Å²) in [5.74, 6) is 0.746. The number of halogens is 2. The molecule has 3 heteroatoms. The van der Waals surface area contributed by atoms with E-state index in [0.717, 1.165) is 44.5 Å². The number of phenols is 1. The Morgan fingerprint density at radius 3 is 1.10 bits per heavy atom. The average Bonchev–Trinajstić information content (AvgIpc) is 2.79. The van der Waals surface area contributed by atoms with Crippen LogP contribution in [0.1, 0.15) is 11.1 Å². The van der Waals surface area contributed by atoms with E-state index in [1.807, 2.05) is 78.9 Å². The Labute approximate surface area is 181 Å². The van der Waals surface area contributed by atoms with E-state index in [2.05, 4.69) is 12.1 Å². The third kappa shape index (κ3) is 3.64. The van der Waals surface area contributed by atoms with Crippen molar-refractivity contribution in [3.63, 3.8) is 0 Å². The first-order chi connectivity index (χ1) is 14.3. The maximum Gasteiger partial charge on any atom is 0.131 e. The monoisotopic (exact) mass is 418 g/mol. The number of alkyl halides is 2. The fourth-order valence-electron chi connectivity index (χ4n) is 3.90. The first kappa shape index (κ1) is 19.6. The first-order valence-corrected chi connectivity index (χ1v) is 10.5. The lowest BCUT2D eigenvalue weighted by Gasteiger charge is -2.23. The lowest BCUT2D eigenvalue weighted by Crippen LogP contribution is -2.01. The maximum absolute atomic E-state index is 11.5. The highest BCUT2D eigenvalue weighted by molar-refractivity contribution is 6.20. The highest BCUT2D eigenvalue weighted by Crippen LogP contribution is 2.49. The lowest BCUT2D eigenvalue weighted by atomic mass is 9.83. The average molecular weight is 419 g/mol. The SMILES string of the molecule is Oc1c(-c2ccccc2)c(CCl)c(-c2ccccc2)c(CCl)c1-c1ccccc1. The van der Waals surface area contributed by atoms with Crippen LogP contribution < -0.4 is 0 Å². The van der Waals surface area contributed by atoms with Gasteiger partial charge in [0.05, 0.1) is 0 Å². The third-order valence-corrected chi connectivity index (χ3v) is 5.67. The topological polar surface area (TPSA) is 20.2 Å². The number of hydrogen-bond donors (Lipinski definition) is 1. The van der Waals surface area contributed by atoms with Crippen molar-refractivity contribution < 1.29 is 5.11 Å². The smallest absolute Gasteiger partial charge is 0.131 e. The van der Waals surface area contributed by atoms with Crippen LogP contribution in [0.2, 0.25) is 0 Å². The van der Waals surface area contributed by atoms with E-state index >= 15 is 0 Å². The molecule has 0 atom stereocenters. The van der Waals surface area contributed by atoms with Gasteiger partial charge in [0.2, 0.25) is 0 Å². The van der Waals surface area contributed by atoms with E-state index in [-0.39, 0.29) is 17.5 Å². The van der Waals surface area contributed by atoms with E-state index in [0.29, 0.717) is 0 Å². The summed E-state index contributed by atoms with van der Waals surface area (Å²) in [4.78, 5) is 0. The summed E-state index contributed by atoms with van der Waals surface area (Å²) in [7, 11) is 0. The van der Waals surface area contributed by atoms with Crippen LogP contribution >= 0.6 is 23.2 Å². The van der Waals surface area contributed by atoms with Crippen molar-refractivity contribution in [3.8, 4) is 39.1 Å². The fraction of sp³-hybridized carbons (Fsp3) is 0.0769. The molecule has 0 saturated carbocycles. The Bertz CT molecular complexity index is 1040. The predicted molar refractivity (Wildman–Crippen MR) is 124 cm³/mol. The molecule has 0 unspecified atom stereocenters. The van der Waals surface area contributed by atoms with Crippen LogP contribution in [0.25, 0.3) is 33.4 Å². The Hall–Kier alpha value is -2.74. The zero-order valence-electron chi connectivity index (χ0n) is 15.8. The molecule has 144 valence electrons. The predicted octanol–water partition coefficient (Wildman–Crippen LogP) is 7.87. The molecule has 1 N–H and O–H groups in total. The van der Waals surface area contributed by atoms with Crippen LogP contribution in [-0.2, 0) is 11.8 Å². The van der Waals surface area contributed by atoms with E-state index < -0.39 is 0 Å². The van der Waals surface area contributed by atoms with Crippen LogP contribution in [0.4, 0.5) is 0 Å². The molecule has 1 nitrogen and oxygen atoms in total. The van der Waals surface area contributed by atoms with Crippen molar-refractivity contribution in [2.24, 2.45) is 0 Å². The Balaban J connectivity index is 2.18. The van der Waals surface area contributed by atoms with Crippen LogP contribution in [-0.4, -0.2) is 5.11 Å². The van der Waals surface area contributed by atoms with Crippen molar-refractivity contribution in [1.29, 1.82) is 0 Å². The van der Waals surface area contributed by atoms with Gasteiger partial charge in [-0.25, -0.2) is 0 Å². The van der Waals surface area contributed by atoms with Gasteiger partial charge in [-0.3, -0.25) is 0 Å². The van der Waals surface area contributed by atoms with Gasteiger partial charge in [-0.2, -0.15) is 0 Å². The number of rotatable bonds is 5. The highest BCUT2D eigenvalue weighted by Gasteiger charge is 2.25. The van der Waals surface area contributed by atoms with E-state index in [4.69, 9.17) is 23.2 Å². The molecule has 0 radical (unpaired) electrons. The second kappa shape index (κ2) is 8.73. The molecular weight excluding hydrogens is 399 g/mol. The molecule has 4 aromatic rings. The van der Waals surface area contributed by atoms with E-state index in [1.54, 1.807) is 0 Å². The molecule has 0 aliphatic heterocycles. The zero-order chi connectivity index (χ0) is 20.2. The molecule has 0 aromatic heterocycles. The molecule has 4 rings (SSSR count).